The summed E-state index contributed by atoms with van der Waals surface area (Å²) in [6.07, 6.45) is 4.83. The van der Waals surface area contributed by atoms with Gasteiger partial charge in [-0.3, -0.25) is 0 Å². The molecule has 0 unspecified atom stereocenters. The summed E-state index contributed by atoms with van der Waals surface area (Å²) >= 11 is 8.01. The molecule has 0 saturated carbocycles. The van der Waals surface area contributed by atoms with Gasteiger partial charge >= 0.3 is 0 Å². The summed E-state index contributed by atoms with van der Waals surface area (Å²) in [6, 6.07) is 9.73. The lowest BCUT2D eigenvalue weighted by Crippen LogP contribution is -2.17. The van der Waals surface area contributed by atoms with Crippen LogP contribution in [0.15, 0.2) is 24.3 Å². The Morgan fingerprint density at radius 3 is 1.51 bits per heavy atom. The third-order valence-corrected chi connectivity index (χ3v) is 13.8. The van der Waals surface area contributed by atoms with E-state index in [1.54, 1.807) is 4.88 Å². The summed E-state index contributed by atoms with van der Waals surface area (Å²) in [5, 5.41) is 0. The van der Waals surface area contributed by atoms with E-state index < -0.39 is 0 Å². The van der Waals surface area contributed by atoms with E-state index in [2.05, 4.69) is 86.6 Å². The van der Waals surface area contributed by atoms with Crippen LogP contribution in [0.2, 0.25) is 0 Å². The fourth-order valence-corrected chi connectivity index (χ4v) is 10.7. The maximum absolute atomic E-state index is 2.45. The van der Waals surface area contributed by atoms with Crippen molar-refractivity contribution in [1.82, 2.24) is 0 Å². The fourth-order valence-electron chi connectivity index (χ4n) is 4.97. The molecule has 35 heavy (non-hydrogen) atoms. The monoisotopic (exact) mass is 540 g/mol. The highest BCUT2D eigenvalue weighted by Gasteiger charge is 2.26. The number of rotatable bonds is 9. The SMILES string of the molecule is CCC(CC)c1sc(-c2sc(-c3sc(-c4sc(C(C)(CC)CC)cc4C)cc3C)cc2C)cc1C. The lowest BCUT2D eigenvalue weighted by molar-refractivity contribution is 0.448. The van der Waals surface area contributed by atoms with Crippen LogP contribution >= 0.6 is 45.3 Å². The van der Waals surface area contributed by atoms with Gasteiger partial charge < -0.3 is 0 Å². The van der Waals surface area contributed by atoms with Gasteiger partial charge in [-0.2, -0.15) is 0 Å². The molecule has 0 amide bonds. The molecule has 4 heterocycles. The Morgan fingerprint density at radius 2 is 1.03 bits per heavy atom. The average Bonchev–Trinajstić information content (AvgIpc) is 3.60. The Labute approximate surface area is 229 Å². The number of aryl methyl sites for hydroxylation is 4. The molecule has 0 saturated heterocycles. The molecule has 0 bridgehead atoms. The van der Waals surface area contributed by atoms with E-state index in [0.717, 1.165) is 0 Å². The van der Waals surface area contributed by atoms with Gasteiger partial charge in [0.15, 0.2) is 0 Å². The Bertz CT molecular complexity index is 1300. The van der Waals surface area contributed by atoms with E-state index in [0.29, 0.717) is 5.92 Å². The van der Waals surface area contributed by atoms with Gasteiger partial charge in [0, 0.05) is 44.4 Å². The van der Waals surface area contributed by atoms with Crippen molar-refractivity contribution in [3.05, 3.63) is 56.3 Å². The molecular formula is C31H40S4. The second-order valence-corrected chi connectivity index (χ2v) is 14.5. The zero-order valence-electron chi connectivity index (χ0n) is 22.8. The molecule has 0 atom stereocenters. The van der Waals surface area contributed by atoms with Crippen molar-refractivity contribution in [2.45, 2.75) is 99.3 Å². The van der Waals surface area contributed by atoms with Crippen molar-refractivity contribution in [2.75, 3.05) is 0 Å². The highest BCUT2D eigenvalue weighted by Crippen LogP contribution is 2.49. The van der Waals surface area contributed by atoms with Gasteiger partial charge in [0.05, 0.1) is 0 Å². The van der Waals surface area contributed by atoms with Crippen molar-refractivity contribution >= 4 is 45.3 Å². The van der Waals surface area contributed by atoms with Gasteiger partial charge in [0.1, 0.15) is 0 Å². The van der Waals surface area contributed by atoms with Crippen molar-refractivity contribution in [2.24, 2.45) is 0 Å². The lowest BCUT2D eigenvalue weighted by Gasteiger charge is -2.25. The van der Waals surface area contributed by atoms with Gasteiger partial charge in [0.2, 0.25) is 0 Å². The van der Waals surface area contributed by atoms with E-state index in [9.17, 15) is 0 Å². The molecule has 0 radical (unpaired) electrons. The van der Waals surface area contributed by atoms with Gasteiger partial charge in [-0.1, -0.05) is 34.6 Å². The van der Waals surface area contributed by atoms with E-state index in [1.165, 1.54) is 82.1 Å². The molecule has 4 aromatic rings. The highest BCUT2D eigenvalue weighted by molar-refractivity contribution is 7.28. The zero-order chi connectivity index (χ0) is 25.5. The van der Waals surface area contributed by atoms with Crippen LogP contribution < -0.4 is 0 Å². The smallest absolute Gasteiger partial charge is 0.0479 e. The number of hydrogen-bond acceptors (Lipinski definition) is 4. The normalized spacial score (nSPS) is 12.3. The van der Waals surface area contributed by atoms with Crippen molar-refractivity contribution < 1.29 is 0 Å². The van der Waals surface area contributed by atoms with Gasteiger partial charge in [-0.15, -0.1) is 45.3 Å². The van der Waals surface area contributed by atoms with Crippen LogP contribution in [0.25, 0.3) is 29.3 Å². The molecule has 4 rings (SSSR count). The summed E-state index contributed by atoms with van der Waals surface area (Å²) in [5.74, 6) is 0.691. The van der Waals surface area contributed by atoms with Crippen molar-refractivity contribution in [3.8, 4) is 29.3 Å². The summed E-state index contributed by atoms with van der Waals surface area (Å²) < 4.78 is 0. The second kappa shape index (κ2) is 10.7. The van der Waals surface area contributed by atoms with E-state index in [4.69, 9.17) is 0 Å². The summed E-state index contributed by atoms with van der Waals surface area (Å²) in [6.45, 7) is 20.9. The molecule has 0 fully saturated rings. The van der Waals surface area contributed by atoms with Gasteiger partial charge in [-0.05, 0) is 106 Å². The third kappa shape index (κ3) is 5.01. The van der Waals surface area contributed by atoms with Gasteiger partial charge in [-0.25, -0.2) is 0 Å². The Hall–Kier alpha value is -1.20. The molecule has 4 aromatic heterocycles. The first kappa shape index (κ1) is 26.9. The van der Waals surface area contributed by atoms with Crippen LogP contribution in [-0.2, 0) is 5.41 Å². The van der Waals surface area contributed by atoms with Crippen molar-refractivity contribution in [1.29, 1.82) is 0 Å². The molecule has 188 valence electrons. The maximum atomic E-state index is 2.45. The molecule has 4 heteroatoms. The van der Waals surface area contributed by atoms with E-state index >= 15 is 0 Å². The average molecular weight is 541 g/mol. The first-order valence-electron chi connectivity index (χ1n) is 13.1. The number of hydrogen-bond donors (Lipinski definition) is 0. The minimum Gasteiger partial charge on any atom is -0.139 e. The maximum Gasteiger partial charge on any atom is 0.0479 e. The van der Waals surface area contributed by atoms with Crippen LogP contribution in [0.4, 0.5) is 0 Å². The van der Waals surface area contributed by atoms with Crippen LogP contribution in [0, 0.1) is 27.7 Å². The second-order valence-electron chi connectivity index (χ2n) is 10.3. The highest BCUT2D eigenvalue weighted by atomic mass is 32.1. The molecule has 0 N–H and O–H groups in total. The van der Waals surface area contributed by atoms with Gasteiger partial charge in [0.25, 0.3) is 0 Å². The molecular weight excluding hydrogens is 501 g/mol. The summed E-state index contributed by atoms with van der Waals surface area (Å²) in [7, 11) is 0. The standard InChI is InChI=1S/C31H40S4/c1-10-22(11-2)27-18(5)14-23(32-27)28-19(6)15-24(33-28)29-20(7)16-25(34-29)30-21(8)17-26(35-30)31(9,12-3)13-4/h14-17,22H,10-13H2,1-9H3. The minimum absolute atomic E-state index is 0.287. The van der Waals surface area contributed by atoms with E-state index in [-0.39, 0.29) is 5.41 Å². The van der Waals surface area contributed by atoms with E-state index in [1.807, 2.05) is 45.3 Å². The van der Waals surface area contributed by atoms with Crippen LogP contribution in [0.3, 0.4) is 0 Å². The largest absolute Gasteiger partial charge is 0.139 e. The summed E-state index contributed by atoms with van der Waals surface area (Å²) in [5.41, 5.74) is 6.00. The lowest BCUT2D eigenvalue weighted by atomic mass is 9.83. The van der Waals surface area contributed by atoms with Crippen molar-refractivity contribution in [3.63, 3.8) is 0 Å². The quantitative estimate of drug-likeness (QED) is 0.198. The minimum atomic E-state index is 0.287. The first-order valence-corrected chi connectivity index (χ1v) is 16.3. The number of thiophene rings is 4. The summed E-state index contributed by atoms with van der Waals surface area (Å²) in [4.78, 5) is 11.8. The molecule has 0 aromatic carbocycles. The molecule has 0 nitrogen and oxygen atoms in total. The molecule has 0 aliphatic carbocycles. The molecule has 0 spiro atoms. The Morgan fingerprint density at radius 1 is 0.600 bits per heavy atom. The first-order chi connectivity index (χ1) is 16.6. The zero-order valence-corrected chi connectivity index (χ0v) is 26.1. The van der Waals surface area contributed by atoms with Crippen LogP contribution in [0.5, 0.6) is 0 Å². The van der Waals surface area contributed by atoms with Crippen LogP contribution in [0.1, 0.15) is 98.2 Å². The third-order valence-electron chi connectivity index (χ3n) is 7.89. The Balaban J connectivity index is 1.70. The van der Waals surface area contributed by atoms with Crippen LogP contribution in [-0.4, -0.2) is 0 Å². The topological polar surface area (TPSA) is 0 Å². The molecule has 0 aliphatic heterocycles. The fraction of sp³-hybridized carbons (Fsp3) is 0.484. The Kier molecular flexibility index (Phi) is 8.17. The predicted molar refractivity (Wildman–Crippen MR) is 164 cm³/mol. The predicted octanol–water partition coefficient (Wildman–Crippen LogP) is 12.1. The molecule has 0 aliphatic rings.